The van der Waals surface area contributed by atoms with Crippen molar-refractivity contribution in [1.29, 1.82) is 0 Å². The van der Waals surface area contributed by atoms with Crippen molar-refractivity contribution in [2.45, 2.75) is 25.8 Å². The number of fused-ring (bicyclic) bond motifs is 1. The minimum absolute atomic E-state index is 0.0868. The van der Waals surface area contributed by atoms with E-state index in [9.17, 15) is 4.79 Å². The van der Waals surface area contributed by atoms with E-state index in [0.717, 1.165) is 19.4 Å². The molecular formula is C20H24N2O. The second-order valence-corrected chi connectivity index (χ2v) is 6.25. The normalized spacial score (nSPS) is 15.0. The van der Waals surface area contributed by atoms with Gasteiger partial charge in [0.1, 0.15) is 0 Å². The molecule has 3 heteroatoms. The molecule has 0 spiro atoms. The maximum Gasteiger partial charge on any atom is 0.242 e. The molecule has 0 bridgehead atoms. The minimum Gasteiger partial charge on any atom is -0.362 e. The van der Waals surface area contributed by atoms with Gasteiger partial charge in [0, 0.05) is 19.3 Å². The van der Waals surface area contributed by atoms with E-state index in [2.05, 4.69) is 48.2 Å². The predicted molar refractivity (Wildman–Crippen MR) is 94.6 cm³/mol. The molecule has 0 saturated heterocycles. The Labute approximate surface area is 138 Å². The lowest BCUT2D eigenvalue weighted by atomic mass is 10.0. The van der Waals surface area contributed by atoms with Crippen LogP contribution in [0.1, 0.15) is 30.5 Å². The van der Waals surface area contributed by atoms with E-state index in [-0.39, 0.29) is 11.9 Å². The largest absolute Gasteiger partial charge is 0.362 e. The SMILES string of the molecule is CC(c1ccccc1)N(C)C(=O)CN1CCCc2ccccc21. The number of rotatable bonds is 4. The Kier molecular flexibility index (Phi) is 4.65. The van der Waals surface area contributed by atoms with Crippen molar-refractivity contribution in [2.75, 3.05) is 25.0 Å². The number of para-hydroxylation sites is 1. The van der Waals surface area contributed by atoms with Gasteiger partial charge in [-0.05, 0) is 37.0 Å². The smallest absolute Gasteiger partial charge is 0.242 e. The molecule has 1 aliphatic heterocycles. The van der Waals surface area contributed by atoms with Crippen molar-refractivity contribution in [2.24, 2.45) is 0 Å². The van der Waals surface area contributed by atoms with Crippen LogP contribution in [-0.4, -0.2) is 30.9 Å². The third-order valence-electron chi connectivity index (χ3n) is 4.79. The Morgan fingerprint density at radius 1 is 1.13 bits per heavy atom. The van der Waals surface area contributed by atoms with Crippen LogP contribution in [0.2, 0.25) is 0 Å². The maximum atomic E-state index is 12.7. The summed E-state index contributed by atoms with van der Waals surface area (Å²) in [6.45, 7) is 3.48. The number of anilines is 1. The number of nitrogens with zero attached hydrogens (tertiary/aromatic N) is 2. The topological polar surface area (TPSA) is 23.6 Å². The molecule has 1 heterocycles. The molecule has 1 unspecified atom stereocenters. The molecule has 0 saturated carbocycles. The highest BCUT2D eigenvalue weighted by atomic mass is 16.2. The van der Waals surface area contributed by atoms with Crippen LogP contribution in [0.5, 0.6) is 0 Å². The first-order valence-corrected chi connectivity index (χ1v) is 8.30. The van der Waals surface area contributed by atoms with Gasteiger partial charge in [-0.15, -0.1) is 0 Å². The first-order chi connectivity index (χ1) is 11.2. The van der Waals surface area contributed by atoms with Crippen LogP contribution in [0.3, 0.4) is 0 Å². The van der Waals surface area contributed by atoms with E-state index in [0.29, 0.717) is 6.54 Å². The number of hydrogen-bond donors (Lipinski definition) is 0. The van der Waals surface area contributed by atoms with Gasteiger partial charge in [0.05, 0.1) is 12.6 Å². The van der Waals surface area contributed by atoms with Gasteiger partial charge in [-0.3, -0.25) is 4.79 Å². The van der Waals surface area contributed by atoms with E-state index in [1.54, 1.807) is 0 Å². The minimum atomic E-state index is 0.0868. The molecule has 0 radical (unpaired) electrons. The summed E-state index contributed by atoms with van der Waals surface area (Å²) in [5.41, 5.74) is 3.74. The van der Waals surface area contributed by atoms with Crippen molar-refractivity contribution in [1.82, 2.24) is 4.90 Å². The Bertz CT molecular complexity index is 668. The van der Waals surface area contributed by atoms with Crippen LogP contribution in [0.15, 0.2) is 54.6 Å². The lowest BCUT2D eigenvalue weighted by molar-refractivity contribution is -0.130. The van der Waals surface area contributed by atoms with Crippen molar-refractivity contribution in [3.8, 4) is 0 Å². The summed E-state index contributed by atoms with van der Waals surface area (Å²) in [6.07, 6.45) is 2.22. The molecule has 0 aromatic heterocycles. The molecule has 2 aromatic carbocycles. The summed E-state index contributed by atoms with van der Waals surface area (Å²) in [5.74, 6) is 0.165. The number of carbonyl (C=O) groups excluding carboxylic acids is 1. The number of likely N-dealkylation sites (N-methyl/N-ethyl adjacent to an activating group) is 1. The first-order valence-electron chi connectivity index (χ1n) is 8.30. The highest BCUT2D eigenvalue weighted by Crippen LogP contribution is 2.27. The summed E-state index contributed by atoms with van der Waals surface area (Å²) in [5, 5.41) is 0. The number of hydrogen-bond acceptors (Lipinski definition) is 2. The van der Waals surface area contributed by atoms with Gasteiger partial charge in [0.25, 0.3) is 0 Å². The third-order valence-corrected chi connectivity index (χ3v) is 4.79. The van der Waals surface area contributed by atoms with E-state index < -0.39 is 0 Å². The number of benzene rings is 2. The molecule has 0 fully saturated rings. The lowest BCUT2D eigenvalue weighted by Gasteiger charge is -2.33. The second-order valence-electron chi connectivity index (χ2n) is 6.25. The second kappa shape index (κ2) is 6.86. The zero-order chi connectivity index (χ0) is 16.2. The van der Waals surface area contributed by atoms with E-state index in [1.807, 2.05) is 30.1 Å². The monoisotopic (exact) mass is 308 g/mol. The molecule has 3 rings (SSSR count). The molecule has 1 aliphatic rings. The quantitative estimate of drug-likeness (QED) is 0.860. The summed E-state index contributed by atoms with van der Waals surface area (Å²) in [6, 6.07) is 18.7. The van der Waals surface area contributed by atoms with Crippen molar-refractivity contribution in [3.05, 3.63) is 65.7 Å². The molecular weight excluding hydrogens is 284 g/mol. The van der Waals surface area contributed by atoms with Gasteiger partial charge in [0.2, 0.25) is 5.91 Å². The zero-order valence-corrected chi connectivity index (χ0v) is 13.9. The van der Waals surface area contributed by atoms with E-state index in [4.69, 9.17) is 0 Å². The number of amides is 1. The van der Waals surface area contributed by atoms with Gasteiger partial charge < -0.3 is 9.80 Å². The van der Waals surface area contributed by atoms with Crippen molar-refractivity contribution < 1.29 is 4.79 Å². The summed E-state index contributed by atoms with van der Waals surface area (Å²) < 4.78 is 0. The molecule has 1 atom stereocenters. The Morgan fingerprint density at radius 2 is 1.83 bits per heavy atom. The standard InChI is InChI=1S/C20H24N2O/c1-16(17-9-4-3-5-10-17)21(2)20(23)15-22-14-8-12-18-11-6-7-13-19(18)22/h3-7,9-11,13,16H,8,12,14-15H2,1-2H3. The third kappa shape index (κ3) is 3.39. The Hall–Kier alpha value is -2.29. The van der Waals surface area contributed by atoms with Crippen LogP contribution in [0.25, 0.3) is 0 Å². The fourth-order valence-corrected chi connectivity index (χ4v) is 3.22. The van der Waals surface area contributed by atoms with Crippen molar-refractivity contribution >= 4 is 11.6 Å². The van der Waals surface area contributed by atoms with Gasteiger partial charge in [-0.1, -0.05) is 48.5 Å². The van der Waals surface area contributed by atoms with Crippen LogP contribution < -0.4 is 4.90 Å². The van der Waals surface area contributed by atoms with Crippen LogP contribution >= 0.6 is 0 Å². The summed E-state index contributed by atoms with van der Waals surface area (Å²) >= 11 is 0. The number of aryl methyl sites for hydroxylation is 1. The predicted octanol–water partition coefficient (Wildman–Crippen LogP) is 3.66. The number of carbonyl (C=O) groups is 1. The molecule has 1 amide bonds. The molecule has 2 aromatic rings. The molecule has 120 valence electrons. The van der Waals surface area contributed by atoms with E-state index >= 15 is 0 Å². The molecule has 0 N–H and O–H groups in total. The summed E-state index contributed by atoms with van der Waals surface area (Å²) in [4.78, 5) is 16.8. The van der Waals surface area contributed by atoms with Crippen molar-refractivity contribution in [3.63, 3.8) is 0 Å². The fraction of sp³-hybridized carbons (Fsp3) is 0.350. The first kappa shape index (κ1) is 15.6. The van der Waals surface area contributed by atoms with Crippen LogP contribution in [0.4, 0.5) is 5.69 Å². The highest BCUT2D eigenvalue weighted by Gasteiger charge is 2.23. The molecule has 23 heavy (non-hydrogen) atoms. The fourth-order valence-electron chi connectivity index (χ4n) is 3.22. The van der Waals surface area contributed by atoms with Gasteiger partial charge in [0.15, 0.2) is 0 Å². The van der Waals surface area contributed by atoms with Crippen LogP contribution in [0, 0.1) is 0 Å². The van der Waals surface area contributed by atoms with Gasteiger partial charge in [-0.2, -0.15) is 0 Å². The Morgan fingerprint density at radius 3 is 2.61 bits per heavy atom. The van der Waals surface area contributed by atoms with Crippen LogP contribution in [-0.2, 0) is 11.2 Å². The van der Waals surface area contributed by atoms with Gasteiger partial charge >= 0.3 is 0 Å². The summed E-state index contributed by atoms with van der Waals surface area (Å²) in [7, 11) is 1.90. The van der Waals surface area contributed by atoms with E-state index in [1.165, 1.54) is 16.8 Å². The Balaban J connectivity index is 1.70. The zero-order valence-electron chi connectivity index (χ0n) is 13.9. The average Bonchev–Trinajstić information content (AvgIpc) is 2.61. The molecule has 0 aliphatic carbocycles. The average molecular weight is 308 g/mol. The highest BCUT2D eigenvalue weighted by molar-refractivity contribution is 5.82. The van der Waals surface area contributed by atoms with Gasteiger partial charge in [-0.25, -0.2) is 0 Å². The molecule has 3 nitrogen and oxygen atoms in total. The maximum absolute atomic E-state index is 12.7. The lowest BCUT2D eigenvalue weighted by Crippen LogP contribution is -2.41.